The van der Waals surface area contributed by atoms with Gasteiger partial charge in [0.05, 0.1) is 5.92 Å². The molecule has 1 atom stereocenters. The Balaban J connectivity index is 1.69. The van der Waals surface area contributed by atoms with Crippen LogP contribution in [-0.2, 0) is 14.4 Å². The Morgan fingerprint density at radius 3 is 2.08 bits per heavy atom. The summed E-state index contributed by atoms with van der Waals surface area (Å²) in [4.78, 5) is 40.0. The summed E-state index contributed by atoms with van der Waals surface area (Å²) in [6, 6.07) is 0. The second kappa shape index (κ2) is 7.08. The Hall–Kier alpha value is -1.39. The zero-order valence-corrected chi connectivity index (χ0v) is 16.7. The van der Waals surface area contributed by atoms with Crippen LogP contribution in [0.15, 0.2) is 0 Å². The van der Waals surface area contributed by atoms with E-state index in [0.29, 0.717) is 31.7 Å². The van der Waals surface area contributed by atoms with Crippen LogP contribution >= 0.6 is 0 Å². The van der Waals surface area contributed by atoms with Crippen molar-refractivity contribution in [3.8, 4) is 0 Å². The maximum atomic E-state index is 12.4. The first-order chi connectivity index (χ1) is 11.4. The summed E-state index contributed by atoms with van der Waals surface area (Å²) < 4.78 is 0. The Labute approximate surface area is 152 Å². The molecule has 0 spiro atoms. The van der Waals surface area contributed by atoms with Gasteiger partial charge in [-0.15, -0.1) is 0 Å². The van der Waals surface area contributed by atoms with Crippen LogP contribution in [0.4, 0.5) is 0 Å². The maximum absolute atomic E-state index is 12.4. The molecule has 2 aliphatic heterocycles. The third kappa shape index (κ3) is 4.62. The monoisotopic (exact) mass is 350 g/mol. The number of rotatable bonds is 5. The van der Waals surface area contributed by atoms with Gasteiger partial charge in [0.1, 0.15) is 0 Å². The molecule has 2 saturated heterocycles. The Morgan fingerprint density at radius 1 is 1.00 bits per heavy atom. The van der Waals surface area contributed by atoms with Crippen LogP contribution < -0.4 is 0 Å². The zero-order chi connectivity index (χ0) is 19.0. The van der Waals surface area contributed by atoms with Gasteiger partial charge in [0, 0.05) is 32.5 Å². The number of unbranched alkanes of at least 4 members (excludes halogenated alkanes) is 1. The second-order valence-corrected chi connectivity index (χ2v) is 9.83. The number of hydrogen-bond donors (Lipinski definition) is 0. The fraction of sp³-hybridized carbons (Fsp3) is 0.850. The fourth-order valence-electron chi connectivity index (χ4n) is 3.53. The normalized spacial score (nSPS) is 22.6. The third-order valence-electron chi connectivity index (χ3n) is 5.77. The molecule has 0 aromatic heterocycles. The van der Waals surface area contributed by atoms with Crippen LogP contribution in [0, 0.1) is 22.7 Å². The lowest BCUT2D eigenvalue weighted by molar-refractivity contribution is -0.140. The predicted octanol–water partition coefficient (Wildman–Crippen LogP) is 3.08. The average molecular weight is 351 g/mol. The molecule has 0 saturated carbocycles. The lowest BCUT2D eigenvalue weighted by atomic mass is 9.76. The standard InChI is InChI=1S/C20H34N2O3/c1-19(2,3)14-12-21(13-14)16(23)9-7-8-10-22-17(24)11-15(18(22)25)20(4,5)6/h14-15H,7-13H2,1-6H3. The van der Waals surface area contributed by atoms with E-state index < -0.39 is 0 Å². The highest BCUT2D eigenvalue weighted by Crippen LogP contribution is 2.36. The second-order valence-electron chi connectivity index (χ2n) is 9.83. The minimum atomic E-state index is -0.211. The number of hydrogen-bond acceptors (Lipinski definition) is 3. The molecule has 0 bridgehead atoms. The van der Waals surface area contributed by atoms with E-state index in [1.807, 2.05) is 25.7 Å². The Bertz CT molecular complexity index is 536. The van der Waals surface area contributed by atoms with Crippen molar-refractivity contribution in [1.29, 1.82) is 0 Å². The number of nitrogens with zero attached hydrogens (tertiary/aromatic N) is 2. The van der Waals surface area contributed by atoms with Gasteiger partial charge in [-0.2, -0.15) is 0 Å². The van der Waals surface area contributed by atoms with Crippen LogP contribution in [0.3, 0.4) is 0 Å². The summed E-state index contributed by atoms with van der Waals surface area (Å²) >= 11 is 0. The van der Waals surface area contributed by atoms with Gasteiger partial charge < -0.3 is 4.90 Å². The van der Waals surface area contributed by atoms with Gasteiger partial charge in [0.15, 0.2) is 0 Å². The minimum Gasteiger partial charge on any atom is -0.342 e. The van der Waals surface area contributed by atoms with Gasteiger partial charge in [-0.25, -0.2) is 0 Å². The van der Waals surface area contributed by atoms with E-state index in [9.17, 15) is 14.4 Å². The first kappa shape index (κ1) is 19.9. The summed E-state index contributed by atoms with van der Waals surface area (Å²) in [5.41, 5.74) is 0.0788. The van der Waals surface area contributed by atoms with E-state index in [4.69, 9.17) is 0 Å². The molecule has 3 amide bonds. The quantitative estimate of drug-likeness (QED) is 0.565. The van der Waals surface area contributed by atoms with E-state index in [1.54, 1.807) is 0 Å². The van der Waals surface area contributed by atoms with Crippen molar-refractivity contribution in [3.63, 3.8) is 0 Å². The molecule has 1 unspecified atom stereocenters. The highest BCUT2D eigenvalue weighted by molar-refractivity contribution is 6.03. The lowest BCUT2D eigenvalue weighted by Gasteiger charge is -2.46. The molecule has 142 valence electrons. The molecule has 2 fully saturated rings. The van der Waals surface area contributed by atoms with Gasteiger partial charge in [0.25, 0.3) is 0 Å². The molecule has 5 nitrogen and oxygen atoms in total. The van der Waals surface area contributed by atoms with Crippen LogP contribution in [0.25, 0.3) is 0 Å². The summed E-state index contributed by atoms with van der Waals surface area (Å²) in [5.74, 6) is 0.474. The zero-order valence-electron chi connectivity index (χ0n) is 16.7. The van der Waals surface area contributed by atoms with Crippen molar-refractivity contribution in [2.24, 2.45) is 22.7 Å². The van der Waals surface area contributed by atoms with E-state index >= 15 is 0 Å². The molecule has 2 heterocycles. The minimum absolute atomic E-state index is 0.0420. The number of amides is 3. The largest absolute Gasteiger partial charge is 0.342 e. The molecule has 2 aliphatic rings. The molecule has 0 aliphatic carbocycles. The van der Waals surface area contributed by atoms with E-state index in [-0.39, 0.29) is 34.5 Å². The topological polar surface area (TPSA) is 57.7 Å². The van der Waals surface area contributed by atoms with Crippen LogP contribution in [-0.4, -0.2) is 47.2 Å². The number of carbonyl (C=O) groups is 3. The number of imide groups is 1. The summed E-state index contributed by atoms with van der Waals surface area (Å²) in [7, 11) is 0. The highest BCUT2D eigenvalue weighted by Gasteiger charge is 2.44. The van der Waals surface area contributed by atoms with Crippen molar-refractivity contribution in [3.05, 3.63) is 0 Å². The first-order valence-electron chi connectivity index (χ1n) is 9.53. The number of likely N-dealkylation sites (tertiary alicyclic amines) is 2. The van der Waals surface area contributed by atoms with Crippen LogP contribution in [0.5, 0.6) is 0 Å². The van der Waals surface area contributed by atoms with Crippen LogP contribution in [0.2, 0.25) is 0 Å². The molecule has 5 heteroatoms. The fourth-order valence-corrected chi connectivity index (χ4v) is 3.53. The van der Waals surface area contributed by atoms with Gasteiger partial charge in [-0.05, 0) is 29.6 Å². The molecule has 0 aromatic carbocycles. The molecule has 0 radical (unpaired) electrons. The highest BCUT2D eigenvalue weighted by atomic mass is 16.2. The van der Waals surface area contributed by atoms with Crippen molar-refractivity contribution < 1.29 is 14.4 Å². The van der Waals surface area contributed by atoms with Gasteiger partial charge in [0.2, 0.25) is 17.7 Å². The molecule has 0 N–H and O–H groups in total. The van der Waals surface area contributed by atoms with E-state index in [0.717, 1.165) is 19.5 Å². The molecule has 25 heavy (non-hydrogen) atoms. The average Bonchev–Trinajstić information content (AvgIpc) is 2.67. The SMILES string of the molecule is CC(C)(C)C1CN(C(=O)CCCCN2C(=O)CC(C(C)(C)C)C2=O)C1. The number of carbonyl (C=O) groups excluding carboxylic acids is 3. The maximum Gasteiger partial charge on any atom is 0.233 e. The lowest BCUT2D eigenvalue weighted by Crippen LogP contribution is -2.54. The van der Waals surface area contributed by atoms with Gasteiger partial charge in [-0.1, -0.05) is 41.5 Å². The first-order valence-corrected chi connectivity index (χ1v) is 9.53. The Morgan fingerprint density at radius 2 is 1.60 bits per heavy atom. The smallest absolute Gasteiger partial charge is 0.233 e. The van der Waals surface area contributed by atoms with Crippen molar-refractivity contribution in [2.75, 3.05) is 19.6 Å². The van der Waals surface area contributed by atoms with E-state index in [2.05, 4.69) is 20.8 Å². The van der Waals surface area contributed by atoms with Crippen molar-refractivity contribution in [1.82, 2.24) is 9.80 Å². The Kier molecular flexibility index (Phi) is 5.65. The molecular weight excluding hydrogens is 316 g/mol. The molecular formula is C20H34N2O3. The van der Waals surface area contributed by atoms with Crippen molar-refractivity contribution >= 4 is 17.7 Å². The van der Waals surface area contributed by atoms with Crippen molar-refractivity contribution in [2.45, 2.75) is 67.2 Å². The van der Waals surface area contributed by atoms with Crippen LogP contribution in [0.1, 0.15) is 67.2 Å². The summed E-state index contributed by atoms with van der Waals surface area (Å²) in [6.45, 7) is 14.8. The predicted molar refractivity (Wildman–Crippen MR) is 97.7 cm³/mol. The summed E-state index contributed by atoms with van der Waals surface area (Å²) in [5, 5.41) is 0. The van der Waals surface area contributed by atoms with Gasteiger partial charge in [-0.3, -0.25) is 19.3 Å². The van der Waals surface area contributed by atoms with E-state index in [1.165, 1.54) is 4.90 Å². The third-order valence-corrected chi connectivity index (χ3v) is 5.77. The molecule has 2 rings (SSSR count). The molecule has 0 aromatic rings. The van der Waals surface area contributed by atoms with Gasteiger partial charge >= 0.3 is 0 Å². The summed E-state index contributed by atoms with van der Waals surface area (Å²) in [6.07, 6.45) is 2.27.